The van der Waals surface area contributed by atoms with E-state index in [1.807, 2.05) is 6.92 Å². The molecule has 2 nitrogen and oxygen atoms in total. The number of thiol groups is 1. The standard InChI is InChI=1S/C5H11NOS2/c1-4(5(6)7)2-3-9-8/h4,8H,2-3H2,1H3,(H2,6,7). The summed E-state index contributed by atoms with van der Waals surface area (Å²) in [7, 11) is 1.43. The lowest BCUT2D eigenvalue weighted by atomic mass is 10.1. The van der Waals surface area contributed by atoms with Gasteiger partial charge >= 0.3 is 0 Å². The van der Waals surface area contributed by atoms with Crippen LogP contribution in [0.5, 0.6) is 0 Å². The van der Waals surface area contributed by atoms with Crippen LogP contribution in [0, 0.1) is 5.92 Å². The molecule has 9 heavy (non-hydrogen) atoms. The number of carbonyl (C=O) groups excluding carboxylic acids is 1. The van der Waals surface area contributed by atoms with E-state index >= 15 is 0 Å². The highest BCUT2D eigenvalue weighted by molar-refractivity contribution is 8.68. The molecule has 54 valence electrons. The molecule has 0 fully saturated rings. The second kappa shape index (κ2) is 4.99. The van der Waals surface area contributed by atoms with Gasteiger partial charge in [0.15, 0.2) is 0 Å². The minimum absolute atomic E-state index is 0.00958. The molecule has 0 bridgehead atoms. The minimum atomic E-state index is -0.225. The van der Waals surface area contributed by atoms with Gasteiger partial charge in [-0.2, -0.15) is 0 Å². The van der Waals surface area contributed by atoms with Crippen molar-refractivity contribution in [2.75, 3.05) is 5.75 Å². The maximum absolute atomic E-state index is 10.4. The summed E-state index contributed by atoms with van der Waals surface area (Å²) in [4.78, 5) is 10.4. The molecule has 0 aromatic heterocycles. The summed E-state index contributed by atoms with van der Waals surface area (Å²) < 4.78 is 0. The zero-order valence-electron chi connectivity index (χ0n) is 5.33. The molecule has 0 saturated heterocycles. The Labute approximate surface area is 64.4 Å². The van der Waals surface area contributed by atoms with Crippen LogP contribution in [-0.4, -0.2) is 11.7 Å². The van der Waals surface area contributed by atoms with Gasteiger partial charge in [-0.1, -0.05) is 17.7 Å². The van der Waals surface area contributed by atoms with Crippen molar-refractivity contribution in [2.45, 2.75) is 13.3 Å². The predicted molar refractivity (Wildman–Crippen MR) is 44.4 cm³/mol. The van der Waals surface area contributed by atoms with Gasteiger partial charge in [0.2, 0.25) is 5.91 Å². The second-order valence-electron chi connectivity index (χ2n) is 1.93. The van der Waals surface area contributed by atoms with Gasteiger partial charge in [-0.3, -0.25) is 4.79 Å². The van der Waals surface area contributed by atoms with E-state index in [2.05, 4.69) is 11.7 Å². The molecule has 0 radical (unpaired) electrons. The molecule has 1 unspecified atom stereocenters. The second-order valence-corrected chi connectivity index (χ2v) is 3.37. The first-order chi connectivity index (χ1) is 4.18. The summed E-state index contributed by atoms with van der Waals surface area (Å²) in [5.74, 6) is 0.648. The fourth-order valence-electron chi connectivity index (χ4n) is 0.372. The fraction of sp³-hybridized carbons (Fsp3) is 0.800. The first-order valence-corrected chi connectivity index (χ1v) is 4.78. The number of carbonyl (C=O) groups is 1. The van der Waals surface area contributed by atoms with Crippen LogP contribution >= 0.6 is 22.5 Å². The van der Waals surface area contributed by atoms with Crippen molar-refractivity contribution in [2.24, 2.45) is 11.7 Å². The molecule has 4 heteroatoms. The number of nitrogens with two attached hydrogens (primary N) is 1. The van der Waals surface area contributed by atoms with Gasteiger partial charge in [-0.05, 0) is 6.42 Å². The van der Waals surface area contributed by atoms with Gasteiger partial charge in [0, 0.05) is 11.7 Å². The fourth-order valence-corrected chi connectivity index (χ4v) is 1.15. The van der Waals surface area contributed by atoms with Crippen LogP contribution in [0.1, 0.15) is 13.3 Å². The zero-order chi connectivity index (χ0) is 7.28. The Hall–Kier alpha value is 0.170. The number of primary amides is 1. The average Bonchev–Trinajstić information content (AvgIpc) is 1.82. The maximum atomic E-state index is 10.4. The van der Waals surface area contributed by atoms with Crippen LogP contribution in [0.3, 0.4) is 0 Å². The molecular formula is C5H11NOS2. The number of amides is 1. The minimum Gasteiger partial charge on any atom is -0.369 e. The molecule has 0 aromatic rings. The van der Waals surface area contributed by atoms with Crippen LogP contribution in [0.2, 0.25) is 0 Å². The van der Waals surface area contributed by atoms with E-state index in [1.165, 1.54) is 10.8 Å². The molecule has 0 aliphatic carbocycles. The van der Waals surface area contributed by atoms with E-state index < -0.39 is 0 Å². The van der Waals surface area contributed by atoms with E-state index in [0.29, 0.717) is 0 Å². The van der Waals surface area contributed by atoms with Crippen molar-refractivity contribution in [3.05, 3.63) is 0 Å². The van der Waals surface area contributed by atoms with Gasteiger partial charge in [0.1, 0.15) is 0 Å². The van der Waals surface area contributed by atoms with Gasteiger partial charge in [0.05, 0.1) is 0 Å². The molecular weight excluding hydrogens is 154 g/mol. The quantitative estimate of drug-likeness (QED) is 0.483. The Bertz CT molecular complexity index is 97.0. The molecule has 0 saturated carbocycles. The van der Waals surface area contributed by atoms with Crippen LogP contribution in [-0.2, 0) is 4.79 Å². The van der Waals surface area contributed by atoms with Crippen molar-refractivity contribution in [3.63, 3.8) is 0 Å². The van der Waals surface area contributed by atoms with Crippen molar-refractivity contribution in [1.82, 2.24) is 0 Å². The van der Waals surface area contributed by atoms with E-state index in [1.54, 1.807) is 0 Å². The van der Waals surface area contributed by atoms with E-state index in [4.69, 9.17) is 5.73 Å². The first kappa shape index (κ1) is 9.17. The number of rotatable bonds is 4. The Morgan fingerprint density at radius 2 is 2.44 bits per heavy atom. The predicted octanol–water partition coefficient (Wildman–Crippen LogP) is 1.08. The van der Waals surface area contributed by atoms with Gasteiger partial charge in [0.25, 0.3) is 0 Å². The summed E-state index contributed by atoms with van der Waals surface area (Å²) in [6.07, 6.45) is 0.823. The molecule has 0 aliphatic heterocycles. The topological polar surface area (TPSA) is 43.1 Å². The third-order valence-corrected chi connectivity index (χ3v) is 2.09. The molecule has 2 N–H and O–H groups in total. The molecule has 0 heterocycles. The van der Waals surface area contributed by atoms with Crippen molar-refractivity contribution < 1.29 is 4.79 Å². The van der Waals surface area contributed by atoms with Crippen molar-refractivity contribution >= 4 is 28.4 Å². The average molecular weight is 165 g/mol. The highest BCUT2D eigenvalue weighted by atomic mass is 33.1. The summed E-state index contributed by atoms with van der Waals surface area (Å²) >= 11 is 3.93. The third kappa shape index (κ3) is 4.66. The lowest BCUT2D eigenvalue weighted by Crippen LogP contribution is -2.20. The number of hydrogen-bond donors (Lipinski definition) is 2. The van der Waals surface area contributed by atoms with Gasteiger partial charge in [-0.25, -0.2) is 0 Å². The first-order valence-electron chi connectivity index (χ1n) is 2.74. The van der Waals surface area contributed by atoms with E-state index in [9.17, 15) is 4.79 Å². The van der Waals surface area contributed by atoms with Crippen LogP contribution in [0.15, 0.2) is 0 Å². The van der Waals surface area contributed by atoms with Crippen molar-refractivity contribution in [1.29, 1.82) is 0 Å². The molecule has 1 amide bonds. The lowest BCUT2D eigenvalue weighted by molar-refractivity contribution is -0.121. The molecule has 0 rings (SSSR count). The largest absolute Gasteiger partial charge is 0.369 e. The molecule has 0 aliphatic rings. The maximum Gasteiger partial charge on any atom is 0.220 e. The molecule has 1 atom stereocenters. The summed E-state index contributed by atoms with van der Waals surface area (Å²) in [5, 5.41) is 0. The zero-order valence-corrected chi connectivity index (χ0v) is 7.04. The molecule has 0 aromatic carbocycles. The lowest BCUT2D eigenvalue weighted by Gasteiger charge is -2.02. The summed E-state index contributed by atoms with van der Waals surface area (Å²) in [6, 6.07) is 0. The van der Waals surface area contributed by atoms with Crippen LogP contribution < -0.4 is 5.73 Å². The third-order valence-electron chi connectivity index (χ3n) is 1.13. The normalized spacial score (nSPS) is 13.1. The SMILES string of the molecule is CC(CCSS)C(N)=O. The van der Waals surface area contributed by atoms with Crippen LogP contribution in [0.4, 0.5) is 0 Å². The highest BCUT2D eigenvalue weighted by Crippen LogP contribution is 2.11. The van der Waals surface area contributed by atoms with E-state index in [-0.39, 0.29) is 11.8 Å². The van der Waals surface area contributed by atoms with Gasteiger partial charge < -0.3 is 5.73 Å². The molecule has 0 spiro atoms. The van der Waals surface area contributed by atoms with Crippen molar-refractivity contribution in [3.8, 4) is 0 Å². The Morgan fingerprint density at radius 3 is 2.78 bits per heavy atom. The Balaban J connectivity index is 3.27. The Morgan fingerprint density at radius 1 is 1.89 bits per heavy atom. The number of hydrogen-bond acceptors (Lipinski definition) is 3. The van der Waals surface area contributed by atoms with Crippen LogP contribution in [0.25, 0.3) is 0 Å². The van der Waals surface area contributed by atoms with Gasteiger partial charge in [-0.15, -0.1) is 11.7 Å². The van der Waals surface area contributed by atoms with E-state index in [0.717, 1.165) is 12.2 Å². The summed E-state index contributed by atoms with van der Waals surface area (Å²) in [6.45, 7) is 1.83. The summed E-state index contributed by atoms with van der Waals surface area (Å²) in [5.41, 5.74) is 5.00. The monoisotopic (exact) mass is 165 g/mol. The Kier molecular flexibility index (Phi) is 5.09. The highest BCUT2D eigenvalue weighted by Gasteiger charge is 2.06. The smallest absolute Gasteiger partial charge is 0.220 e.